The van der Waals surface area contributed by atoms with E-state index in [1.165, 1.54) is 12.6 Å². The number of rotatable bonds is 16. The molecule has 0 aliphatic carbocycles. The van der Waals surface area contributed by atoms with E-state index in [9.17, 15) is 32.9 Å². The van der Waals surface area contributed by atoms with E-state index in [2.05, 4.69) is 23.4 Å². The Morgan fingerprint density at radius 1 is 0.828 bits per heavy atom. The molecule has 0 aromatic carbocycles. The fourth-order valence-electron chi connectivity index (χ4n) is 1.56. The second-order valence-electron chi connectivity index (χ2n) is 5.19. The van der Waals surface area contributed by atoms with Gasteiger partial charge in [-0.25, -0.2) is 0 Å². The summed E-state index contributed by atoms with van der Waals surface area (Å²) in [4.78, 5) is 49.8. The van der Waals surface area contributed by atoms with Crippen molar-refractivity contribution in [3.05, 3.63) is 0 Å². The van der Waals surface area contributed by atoms with Crippen molar-refractivity contribution in [3.63, 3.8) is 0 Å². The smallest absolute Gasteiger partial charge is 0.267 e. The molecule has 0 aliphatic heterocycles. The van der Waals surface area contributed by atoms with Crippen molar-refractivity contribution in [2.45, 2.75) is 14.9 Å². The van der Waals surface area contributed by atoms with Crippen LogP contribution in [0.2, 0.25) is 0 Å². The Morgan fingerprint density at radius 2 is 1.17 bits per heavy atom. The molecule has 5 unspecified atom stereocenters. The summed E-state index contributed by atoms with van der Waals surface area (Å²) in [5.41, 5.74) is 1.17. The van der Waals surface area contributed by atoms with Gasteiger partial charge in [0.05, 0.1) is 26.4 Å². The largest absolute Gasteiger partial charge is 0.756 e. The molecule has 0 heterocycles. The summed E-state index contributed by atoms with van der Waals surface area (Å²) >= 11 is 0. The molecule has 0 amide bonds. The first-order valence-corrected chi connectivity index (χ1v) is 11.7. The number of halogens is 1. The lowest BCUT2D eigenvalue weighted by Gasteiger charge is -2.28. The summed E-state index contributed by atoms with van der Waals surface area (Å²) in [5.74, 6) is -1.92. The van der Waals surface area contributed by atoms with Gasteiger partial charge in [-0.1, -0.05) is 14.9 Å². The first-order chi connectivity index (χ1) is 12.3. The lowest BCUT2D eigenvalue weighted by atomic mass is 10.2. The first-order valence-electron chi connectivity index (χ1n) is 7.23. The summed E-state index contributed by atoms with van der Waals surface area (Å²) in [6, 6.07) is 0. The van der Waals surface area contributed by atoms with Crippen molar-refractivity contribution in [3.8, 4) is 0 Å². The molecule has 18 heteroatoms. The van der Waals surface area contributed by atoms with Crippen LogP contribution >= 0.6 is 23.5 Å². The van der Waals surface area contributed by atoms with Gasteiger partial charge in [0.1, 0.15) is 0 Å². The lowest BCUT2D eigenvalue weighted by Crippen LogP contribution is -2.29. The molecule has 0 rings (SSSR count). The second kappa shape index (κ2) is 15.9. The third-order valence-electron chi connectivity index (χ3n) is 2.74. The topological polar surface area (TPSA) is 222 Å². The van der Waals surface area contributed by atoms with Gasteiger partial charge in [-0.3, -0.25) is 13.7 Å². The summed E-state index contributed by atoms with van der Waals surface area (Å²) in [5, 5.41) is 2.63. The highest BCUT2D eigenvalue weighted by Crippen LogP contribution is 2.40. The average molecular weight is 493 g/mol. The van der Waals surface area contributed by atoms with Crippen molar-refractivity contribution in [1.82, 2.24) is 10.9 Å². The van der Waals surface area contributed by atoms with Crippen LogP contribution in [0.3, 0.4) is 0 Å². The van der Waals surface area contributed by atoms with E-state index in [1.54, 1.807) is 0 Å². The van der Waals surface area contributed by atoms with Crippen LogP contribution in [0.4, 0.5) is 4.48 Å². The van der Waals surface area contributed by atoms with Crippen molar-refractivity contribution in [2.75, 3.05) is 46.6 Å². The molecule has 14 nitrogen and oxygen atoms in total. The molecule has 0 saturated heterocycles. The highest BCUT2D eigenvalue weighted by Gasteiger charge is 2.20. The van der Waals surface area contributed by atoms with E-state index >= 15 is 0 Å². The first kappa shape index (κ1) is 33.8. The van der Waals surface area contributed by atoms with Crippen molar-refractivity contribution >= 4 is 23.5 Å². The summed E-state index contributed by atoms with van der Waals surface area (Å²) < 4.78 is 62.1. The Morgan fingerprint density at radius 3 is 1.48 bits per heavy atom. The molecule has 0 bridgehead atoms. The van der Waals surface area contributed by atoms with Crippen LogP contribution in [0.1, 0.15) is 14.9 Å². The lowest BCUT2D eigenvalue weighted by molar-refractivity contribution is -0.228. The van der Waals surface area contributed by atoms with Crippen LogP contribution < -0.4 is 25.5 Å². The standard InChI is InChI=1S/C9H24FN2O12P3.2CH4/c1-11-2-8(4-21-25(13,14)15)6-23-27(19,20)24-7-9(3-12-10)5-22-26(16,17)18;;/h8-9,11-12H,2-7H2,1H3,(H,19,20)(H2,13,14,15)(H2,16,17,18);2*1H4/p-3. The normalized spacial score (nSPS) is 19.6. The van der Waals surface area contributed by atoms with Crippen molar-refractivity contribution < 1.29 is 60.7 Å². The molecule has 0 spiro atoms. The minimum atomic E-state index is -5.09. The highest BCUT2D eigenvalue weighted by atomic mass is 31.2. The zero-order valence-electron chi connectivity index (χ0n) is 14.1. The van der Waals surface area contributed by atoms with Crippen LogP contribution in [0.5, 0.6) is 0 Å². The Bertz CT molecular complexity index is 515. The van der Waals surface area contributed by atoms with Crippen LogP contribution in [0.15, 0.2) is 0 Å². The third kappa shape index (κ3) is 21.2. The van der Waals surface area contributed by atoms with Gasteiger partial charge < -0.3 is 47.9 Å². The predicted molar refractivity (Wildman–Crippen MR) is 94.5 cm³/mol. The van der Waals surface area contributed by atoms with E-state index in [0.29, 0.717) is 0 Å². The molecule has 0 aliphatic rings. The zero-order valence-corrected chi connectivity index (χ0v) is 16.8. The molecule has 4 N–H and O–H groups in total. The Balaban J connectivity index is -0.00000338. The SMILES string of the molecule is C.C.CNCC(COP(=O)([O-])O)COP(=O)([O-])OCC(CNF)COP(=O)([O-])O. The maximum Gasteiger partial charge on any atom is 0.267 e. The van der Waals surface area contributed by atoms with Gasteiger partial charge in [0.2, 0.25) is 0 Å². The van der Waals surface area contributed by atoms with E-state index in [4.69, 9.17) is 9.79 Å². The summed E-state index contributed by atoms with van der Waals surface area (Å²) in [6.07, 6.45) is 0. The molecule has 180 valence electrons. The Labute approximate surface area is 169 Å². The summed E-state index contributed by atoms with van der Waals surface area (Å²) in [6.45, 7) is -3.13. The van der Waals surface area contributed by atoms with E-state index in [0.717, 1.165) is 0 Å². The van der Waals surface area contributed by atoms with Crippen LogP contribution in [-0.4, -0.2) is 56.4 Å². The van der Waals surface area contributed by atoms with Gasteiger partial charge in [-0.05, 0) is 7.05 Å². The van der Waals surface area contributed by atoms with Gasteiger partial charge >= 0.3 is 0 Å². The fourth-order valence-corrected chi connectivity index (χ4v) is 3.22. The van der Waals surface area contributed by atoms with Gasteiger partial charge in [0.15, 0.2) is 0 Å². The molecule has 0 fully saturated rings. The quantitative estimate of drug-likeness (QED) is 0.144. The molecule has 29 heavy (non-hydrogen) atoms. The molecular weight excluding hydrogens is 464 g/mol. The second-order valence-corrected chi connectivity index (χ2v) is 9.00. The van der Waals surface area contributed by atoms with Crippen LogP contribution in [0, 0.1) is 11.8 Å². The van der Waals surface area contributed by atoms with E-state index < -0.39 is 68.3 Å². The minimum Gasteiger partial charge on any atom is -0.756 e. The fraction of sp³-hybridized carbons (Fsp3) is 1.00. The number of nitrogens with one attached hydrogen (secondary N) is 2. The summed E-state index contributed by atoms with van der Waals surface area (Å²) in [7, 11) is -13.5. The maximum atomic E-state index is 12.2. The number of hydrogen-bond acceptors (Lipinski definition) is 12. The van der Waals surface area contributed by atoms with Crippen LogP contribution in [-0.2, 0) is 31.8 Å². The minimum absolute atomic E-state index is 0. The number of hydrogen-bond donors (Lipinski definition) is 4. The number of phosphoric acid groups is 3. The molecule has 0 aromatic heterocycles. The van der Waals surface area contributed by atoms with E-state index in [-0.39, 0.29) is 21.4 Å². The zero-order chi connectivity index (χ0) is 21.1. The average Bonchev–Trinajstić information content (AvgIpc) is 2.51. The third-order valence-corrected chi connectivity index (χ3v) is 4.62. The number of phosphoric ester groups is 3. The predicted octanol–water partition coefficient (Wildman–Crippen LogP) is -1.36. The molecule has 5 atom stereocenters. The van der Waals surface area contributed by atoms with Gasteiger partial charge in [-0.15, -0.1) is 4.48 Å². The molecule has 0 saturated carbocycles. The van der Waals surface area contributed by atoms with Crippen LogP contribution in [0.25, 0.3) is 0 Å². The Kier molecular flexibility index (Phi) is 18.5. The van der Waals surface area contributed by atoms with E-state index in [1.807, 2.05) is 0 Å². The molecule has 0 radical (unpaired) electrons. The Hall–Kier alpha value is 0.180. The van der Waals surface area contributed by atoms with Crippen molar-refractivity contribution in [1.29, 1.82) is 0 Å². The van der Waals surface area contributed by atoms with Gasteiger partial charge in [-0.2, -0.15) is 5.54 Å². The highest BCUT2D eigenvalue weighted by molar-refractivity contribution is 7.46. The molecule has 0 aromatic rings. The van der Waals surface area contributed by atoms with Gasteiger partial charge in [0, 0.05) is 24.9 Å². The monoisotopic (exact) mass is 493 g/mol. The maximum absolute atomic E-state index is 12.2. The van der Waals surface area contributed by atoms with Gasteiger partial charge in [0.25, 0.3) is 23.5 Å². The van der Waals surface area contributed by atoms with Crippen molar-refractivity contribution in [2.24, 2.45) is 11.8 Å². The molecular formula is C11H29FN2O12P3-3.